The lowest BCUT2D eigenvalue weighted by Crippen LogP contribution is -2.18. The smallest absolute Gasteiger partial charge is 0.404 e. The van der Waals surface area contributed by atoms with Gasteiger partial charge in [-0.15, -0.1) is 13.2 Å². The van der Waals surface area contributed by atoms with Crippen LogP contribution >= 0.6 is 11.6 Å². The van der Waals surface area contributed by atoms with Gasteiger partial charge in [0.25, 0.3) is 0 Å². The van der Waals surface area contributed by atoms with E-state index in [9.17, 15) is 22.8 Å². The summed E-state index contributed by atoms with van der Waals surface area (Å²) in [5.41, 5.74) is -0.325. The monoisotopic (exact) mass is 266 g/mol. The number of carbonyl (C=O) groups excluding carboxylic acids is 2. The molecule has 0 spiro atoms. The zero-order chi connectivity index (χ0) is 13.2. The first-order valence-corrected chi connectivity index (χ1v) is 4.68. The topological polar surface area (TPSA) is 43.4 Å². The van der Waals surface area contributed by atoms with E-state index in [0.717, 1.165) is 19.1 Å². The maximum absolute atomic E-state index is 12.0. The normalized spacial score (nSPS) is 11.1. The molecule has 0 atom stereocenters. The Morgan fingerprint density at radius 2 is 2.00 bits per heavy atom. The number of rotatable bonds is 3. The second-order valence-electron chi connectivity index (χ2n) is 3.10. The van der Waals surface area contributed by atoms with Gasteiger partial charge in [-0.2, -0.15) is 0 Å². The van der Waals surface area contributed by atoms with Crippen LogP contribution < -0.4 is 4.74 Å². The molecule has 0 bridgehead atoms. The number of hydrogen-bond acceptors (Lipinski definition) is 3. The van der Waals surface area contributed by atoms with Crippen molar-refractivity contribution in [2.24, 2.45) is 0 Å². The van der Waals surface area contributed by atoms with E-state index in [1.807, 2.05) is 0 Å². The van der Waals surface area contributed by atoms with E-state index in [0.29, 0.717) is 0 Å². The van der Waals surface area contributed by atoms with Crippen molar-refractivity contribution in [1.29, 1.82) is 0 Å². The number of alkyl halides is 3. The third-order valence-electron chi connectivity index (χ3n) is 1.83. The third kappa shape index (κ3) is 3.45. The minimum atomic E-state index is -4.95. The zero-order valence-electron chi connectivity index (χ0n) is 8.47. The van der Waals surface area contributed by atoms with Crippen LogP contribution in [-0.4, -0.2) is 18.4 Å². The standard InChI is InChI=1S/C10H6ClF3O3/c1-5(16)6-2-7(4-15)9(11)8(3-6)17-10(12,13)14/h2-4H,1H3. The molecule has 1 aromatic rings. The summed E-state index contributed by atoms with van der Waals surface area (Å²) in [6.45, 7) is 1.15. The number of ether oxygens (including phenoxy) is 1. The van der Waals surface area contributed by atoms with E-state index in [4.69, 9.17) is 11.6 Å². The number of carbonyl (C=O) groups is 2. The van der Waals surface area contributed by atoms with E-state index in [-0.39, 0.29) is 17.4 Å². The van der Waals surface area contributed by atoms with E-state index in [2.05, 4.69) is 4.74 Å². The summed E-state index contributed by atoms with van der Waals surface area (Å²) in [6, 6.07) is 1.94. The Hall–Kier alpha value is -1.56. The third-order valence-corrected chi connectivity index (χ3v) is 2.23. The maximum atomic E-state index is 12.0. The zero-order valence-corrected chi connectivity index (χ0v) is 9.22. The summed E-state index contributed by atoms with van der Waals surface area (Å²) in [4.78, 5) is 21.6. The highest BCUT2D eigenvalue weighted by atomic mass is 35.5. The van der Waals surface area contributed by atoms with Crippen LogP contribution in [0.5, 0.6) is 5.75 Å². The van der Waals surface area contributed by atoms with E-state index in [1.54, 1.807) is 0 Å². The first kappa shape index (κ1) is 13.5. The molecule has 0 heterocycles. The summed E-state index contributed by atoms with van der Waals surface area (Å²) >= 11 is 5.52. The van der Waals surface area contributed by atoms with Crippen molar-refractivity contribution in [3.8, 4) is 5.75 Å². The van der Waals surface area contributed by atoms with Crippen LogP contribution in [-0.2, 0) is 0 Å². The predicted octanol–water partition coefficient (Wildman–Crippen LogP) is 3.25. The fraction of sp³-hybridized carbons (Fsp3) is 0.200. The van der Waals surface area contributed by atoms with Crippen LogP contribution in [0.1, 0.15) is 27.6 Å². The molecule has 0 aromatic heterocycles. The number of Topliss-reactive ketones (excluding diaryl/α,β-unsaturated/α-hetero) is 1. The highest BCUT2D eigenvalue weighted by Crippen LogP contribution is 2.33. The molecule has 1 aromatic carbocycles. The van der Waals surface area contributed by atoms with Crippen LogP contribution in [0.3, 0.4) is 0 Å². The molecule has 3 nitrogen and oxygen atoms in total. The van der Waals surface area contributed by atoms with Crippen LogP contribution in [0.4, 0.5) is 13.2 Å². The lowest BCUT2D eigenvalue weighted by atomic mass is 10.1. The van der Waals surface area contributed by atoms with Gasteiger partial charge in [-0.3, -0.25) is 9.59 Å². The van der Waals surface area contributed by atoms with Gasteiger partial charge in [-0.1, -0.05) is 11.6 Å². The molecule has 0 aliphatic rings. The van der Waals surface area contributed by atoms with Gasteiger partial charge < -0.3 is 4.74 Å². The van der Waals surface area contributed by atoms with E-state index < -0.39 is 22.9 Å². The molecular formula is C10H6ClF3O3. The molecule has 0 saturated carbocycles. The number of benzene rings is 1. The molecule has 0 amide bonds. The van der Waals surface area contributed by atoms with Crippen molar-refractivity contribution < 1.29 is 27.5 Å². The average molecular weight is 267 g/mol. The fourth-order valence-corrected chi connectivity index (χ4v) is 1.30. The van der Waals surface area contributed by atoms with Gasteiger partial charge in [-0.05, 0) is 19.1 Å². The van der Waals surface area contributed by atoms with Gasteiger partial charge >= 0.3 is 6.36 Å². The number of halogens is 4. The van der Waals surface area contributed by atoms with Crippen LogP contribution in [0.2, 0.25) is 5.02 Å². The maximum Gasteiger partial charge on any atom is 0.573 e. The van der Waals surface area contributed by atoms with Crippen molar-refractivity contribution >= 4 is 23.7 Å². The summed E-state index contributed by atoms with van der Waals surface area (Å²) in [5, 5.41) is -0.484. The Balaban J connectivity index is 3.32. The molecule has 17 heavy (non-hydrogen) atoms. The van der Waals surface area contributed by atoms with Crippen molar-refractivity contribution in [3.05, 3.63) is 28.3 Å². The van der Waals surface area contributed by atoms with Crippen molar-refractivity contribution in [2.75, 3.05) is 0 Å². The Morgan fingerprint density at radius 3 is 2.41 bits per heavy atom. The molecule has 7 heteroatoms. The lowest BCUT2D eigenvalue weighted by Gasteiger charge is -2.12. The van der Waals surface area contributed by atoms with Crippen molar-refractivity contribution in [1.82, 2.24) is 0 Å². The molecule has 0 unspecified atom stereocenters. The SMILES string of the molecule is CC(=O)c1cc(C=O)c(Cl)c(OC(F)(F)F)c1. The van der Waals surface area contributed by atoms with Crippen molar-refractivity contribution in [2.45, 2.75) is 13.3 Å². The van der Waals surface area contributed by atoms with Gasteiger partial charge in [0.15, 0.2) is 12.1 Å². The van der Waals surface area contributed by atoms with Crippen LogP contribution in [0.15, 0.2) is 12.1 Å². The Labute approximate surface area is 99.1 Å². The second kappa shape index (κ2) is 4.75. The average Bonchev–Trinajstić information content (AvgIpc) is 2.18. The Kier molecular flexibility index (Phi) is 3.77. The molecule has 0 aliphatic heterocycles. The molecule has 0 aliphatic carbocycles. The Bertz CT molecular complexity index is 469. The van der Waals surface area contributed by atoms with Crippen molar-refractivity contribution in [3.63, 3.8) is 0 Å². The summed E-state index contributed by atoms with van der Waals surface area (Å²) in [6.07, 6.45) is -4.70. The van der Waals surface area contributed by atoms with Gasteiger partial charge in [-0.25, -0.2) is 0 Å². The van der Waals surface area contributed by atoms with Gasteiger partial charge in [0, 0.05) is 11.1 Å². The number of aldehydes is 1. The molecule has 0 N–H and O–H groups in total. The molecule has 1 rings (SSSR count). The highest BCUT2D eigenvalue weighted by Gasteiger charge is 2.32. The largest absolute Gasteiger partial charge is 0.573 e. The minimum Gasteiger partial charge on any atom is -0.404 e. The highest BCUT2D eigenvalue weighted by molar-refractivity contribution is 6.34. The molecule has 0 fully saturated rings. The first-order chi connectivity index (χ1) is 7.74. The summed E-state index contributed by atoms with van der Waals surface area (Å²) in [7, 11) is 0. The summed E-state index contributed by atoms with van der Waals surface area (Å²) < 4.78 is 39.7. The molecule has 92 valence electrons. The molecule has 0 radical (unpaired) electrons. The minimum absolute atomic E-state index is 0.0873. The lowest BCUT2D eigenvalue weighted by molar-refractivity contribution is -0.274. The van der Waals surface area contributed by atoms with Gasteiger partial charge in [0.2, 0.25) is 0 Å². The van der Waals surface area contributed by atoms with E-state index >= 15 is 0 Å². The fourth-order valence-electron chi connectivity index (χ4n) is 1.11. The van der Waals surface area contributed by atoms with Crippen LogP contribution in [0, 0.1) is 0 Å². The number of ketones is 1. The van der Waals surface area contributed by atoms with E-state index in [1.165, 1.54) is 0 Å². The van der Waals surface area contributed by atoms with Crippen LogP contribution in [0.25, 0.3) is 0 Å². The first-order valence-electron chi connectivity index (χ1n) is 4.30. The predicted molar refractivity (Wildman–Crippen MR) is 53.5 cm³/mol. The van der Waals surface area contributed by atoms with Gasteiger partial charge in [0.05, 0.1) is 5.02 Å². The summed E-state index contributed by atoms with van der Waals surface area (Å²) in [5.74, 6) is -1.27. The second-order valence-corrected chi connectivity index (χ2v) is 3.48. The molecular weight excluding hydrogens is 261 g/mol. The molecule has 0 saturated heterocycles. The Morgan fingerprint density at radius 1 is 1.41 bits per heavy atom. The quantitative estimate of drug-likeness (QED) is 0.623. The number of hydrogen-bond donors (Lipinski definition) is 0. The van der Waals surface area contributed by atoms with Gasteiger partial charge in [0.1, 0.15) is 5.75 Å².